The number of aliphatic carboxylic acids is 2. The van der Waals surface area contributed by atoms with Gasteiger partial charge in [0.05, 0.1) is 0 Å². The van der Waals surface area contributed by atoms with Crippen LogP contribution in [0.3, 0.4) is 0 Å². The maximum Gasteiger partial charge on any atom is 0.322 e. The maximum absolute atomic E-state index is 14.3. The van der Waals surface area contributed by atoms with Crippen molar-refractivity contribution < 1.29 is 19.8 Å². The first-order valence-electron chi connectivity index (χ1n) is 17.9. The zero-order chi connectivity index (χ0) is 35.1. The van der Waals surface area contributed by atoms with E-state index in [0.29, 0.717) is 25.7 Å². The molecule has 2 fully saturated rings. The lowest BCUT2D eigenvalue weighted by Crippen LogP contribution is -2.72. The van der Waals surface area contributed by atoms with Gasteiger partial charge in [0.25, 0.3) is 0 Å². The highest BCUT2D eigenvalue weighted by atomic mass is 16.4. The summed E-state index contributed by atoms with van der Waals surface area (Å²) in [7, 11) is 0. The van der Waals surface area contributed by atoms with E-state index in [0.717, 1.165) is 37.1 Å². The van der Waals surface area contributed by atoms with Crippen molar-refractivity contribution in [2.24, 2.45) is 17.3 Å². The number of carbonyl (C=O) groups is 2. The van der Waals surface area contributed by atoms with Crippen LogP contribution in [-0.2, 0) is 21.4 Å². The molecule has 2 aromatic rings. The van der Waals surface area contributed by atoms with Crippen LogP contribution in [0.15, 0.2) is 60.7 Å². The number of hydrogen-bond donors (Lipinski definition) is 2. The summed E-state index contributed by atoms with van der Waals surface area (Å²) in [6, 6.07) is 19.5. The van der Waals surface area contributed by atoms with Crippen molar-refractivity contribution in [3.63, 3.8) is 0 Å². The van der Waals surface area contributed by atoms with Crippen molar-refractivity contribution in [3.05, 3.63) is 71.8 Å². The van der Waals surface area contributed by atoms with Crippen molar-refractivity contribution in [1.29, 1.82) is 0 Å². The lowest BCUT2D eigenvalue weighted by Gasteiger charge is -2.66. The third kappa shape index (κ3) is 6.41. The molecule has 2 aliphatic heterocycles. The van der Waals surface area contributed by atoms with Crippen molar-refractivity contribution in [1.82, 2.24) is 9.80 Å². The van der Waals surface area contributed by atoms with Crippen molar-refractivity contribution in [2.75, 3.05) is 13.1 Å². The Morgan fingerprint density at radius 3 is 1.30 bits per heavy atom. The van der Waals surface area contributed by atoms with Crippen molar-refractivity contribution >= 4 is 11.9 Å². The molecule has 2 heterocycles. The van der Waals surface area contributed by atoms with Crippen LogP contribution in [-0.4, -0.2) is 67.2 Å². The molecular weight excluding hydrogens is 584 g/mol. The number of rotatable bonds is 12. The van der Waals surface area contributed by atoms with Gasteiger partial charge in [-0.3, -0.25) is 19.4 Å². The molecule has 6 nitrogen and oxygen atoms in total. The van der Waals surface area contributed by atoms with Crippen LogP contribution < -0.4 is 0 Å². The van der Waals surface area contributed by atoms with Gasteiger partial charge in [-0.15, -0.1) is 0 Å². The molecule has 2 aliphatic rings. The minimum absolute atomic E-state index is 0.0839. The molecule has 0 saturated carbocycles. The molecule has 2 N–H and O–H groups in total. The zero-order valence-electron chi connectivity index (χ0n) is 30.9. The maximum atomic E-state index is 14.3. The lowest BCUT2D eigenvalue weighted by atomic mass is 9.42. The van der Waals surface area contributed by atoms with Gasteiger partial charge in [-0.25, -0.2) is 0 Å². The van der Waals surface area contributed by atoms with Crippen molar-refractivity contribution in [2.45, 2.75) is 142 Å². The molecule has 47 heavy (non-hydrogen) atoms. The van der Waals surface area contributed by atoms with Crippen LogP contribution in [0.5, 0.6) is 0 Å². The first-order valence-corrected chi connectivity index (χ1v) is 17.9. The number of benzene rings is 2. The minimum atomic E-state index is -2.12. The first-order chi connectivity index (χ1) is 21.8. The smallest absolute Gasteiger partial charge is 0.322 e. The Balaban J connectivity index is 2.17. The lowest BCUT2D eigenvalue weighted by molar-refractivity contribution is -0.190. The second kappa shape index (κ2) is 13.3. The third-order valence-electron chi connectivity index (χ3n) is 12.1. The Hall–Kier alpha value is -2.70. The average molecular weight is 647 g/mol. The second-order valence-electron chi connectivity index (χ2n) is 17.2. The Kier molecular flexibility index (Phi) is 10.5. The van der Waals surface area contributed by atoms with E-state index in [1.54, 1.807) is 0 Å². The minimum Gasteiger partial charge on any atom is -0.480 e. The Morgan fingerprint density at radius 2 is 0.979 bits per heavy atom. The van der Waals surface area contributed by atoms with E-state index in [1.165, 1.54) is 0 Å². The van der Waals surface area contributed by atoms with Gasteiger partial charge < -0.3 is 10.2 Å². The molecule has 2 aromatic carbocycles. The van der Waals surface area contributed by atoms with E-state index in [9.17, 15) is 19.8 Å². The van der Waals surface area contributed by atoms with Gasteiger partial charge in [-0.05, 0) is 130 Å². The highest BCUT2D eigenvalue weighted by Crippen LogP contribution is 2.64. The highest BCUT2D eigenvalue weighted by Gasteiger charge is 2.71. The van der Waals surface area contributed by atoms with Gasteiger partial charge in [0, 0.05) is 34.0 Å². The van der Waals surface area contributed by atoms with Gasteiger partial charge in [-0.2, -0.15) is 0 Å². The molecule has 0 unspecified atom stereocenters. The summed E-state index contributed by atoms with van der Waals surface area (Å²) in [5.41, 5.74) is -2.84. The quantitative estimate of drug-likeness (QED) is 0.225. The molecule has 2 saturated heterocycles. The molecule has 0 radical (unpaired) electrons. The normalized spacial score (nSPS) is 22.2. The summed E-state index contributed by atoms with van der Waals surface area (Å²) < 4.78 is 0. The molecule has 4 rings (SSSR count). The van der Waals surface area contributed by atoms with E-state index < -0.39 is 22.8 Å². The molecule has 260 valence electrons. The van der Waals surface area contributed by atoms with Crippen LogP contribution in [0.1, 0.15) is 119 Å². The fourth-order valence-electron chi connectivity index (χ4n) is 11.0. The highest BCUT2D eigenvalue weighted by molar-refractivity contribution is 6.01. The van der Waals surface area contributed by atoms with Crippen LogP contribution in [0.2, 0.25) is 0 Å². The second-order valence-corrected chi connectivity index (χ2v) is 17.2. The van der Waals surface area contributed by atoms with E-state index in [4.69, 9.17) is 0 Å². The van der Waals surface area contributed by atoms with Crippen LogP contribution in [0, 0.1) is 17.3 Å². The monoisotopic (exact) mass is 646 g/mol. The standard InChI is InChI=1S/C41H62N2O4/c1-11-23-42-36(3,4)26-32(27-37(42,5)6)41(31-21-17-14-18-22-31,33-28-38(7,8)43(24-12-2)39(9,10)29-33)40(34(44)45,35(46)47)25-30-19-15-13-16-20-30/h13-22,32-33H,11-12,23-29H2,1-10H3,(H,44,45)(H,46,47). The molecule has 0 spiro atoms. The van der Waals surface area contributed by atoms with E-state index >= 15 is 0 Å². The summed E-state index contributed by atoms with van der Waals surface area (Å²) in [6.45, 7) is 24.6. The van der Waals surface area contributed by atoms with Gasteiger partial charge in [0.1, 0.15) is 0 Å². The topological polar surface area (TPSA) is 81.1 Å². The van der Waals surface area contributed by atoms with E-state index in [-0.39, 0.29) is 40.4 Å². The number of carboxylic acids is 2. The van der Waals surface area contributed by atoms with Crippen LogP contribution in [0.25, 0.3) is 0 Å². The zero-order valence-corrected chi connectivity index (χ0v) is 30.9. The Morgan fingerprint density at radius 1 is 0.638 bits per heavy atom. The number of hydrogen-bond acceptors (Lipinski definition) is 4. The number of carboxylic acid groups (broad SMARTS) is 2. The summed E-state index contributed by atoms with van der Waals surface area (Å²) in [5.74, 6) is -2.91. The van der Waals surface area contributed by atoms with Gasteiger partial charge in [0.2, 0.25) is 0 Å². The predicted octanol–water partition coefficient (Wildman–Crippen LogP) is 8.68. The Labute approximate surface area is 284 Å². The van der Waals surface area contributed by atoms with Gasteiger partial charge in [0.15, 0.2) is 5.41 Å². The Bertz CT molecular complexity index is 1280. The third-order valence-corrected chi connectivity index (χ3v) is 12.1. The molecule has 0 aromatic heterocycles. The predicted molar refractivity (Wildman–Crippen MR) is 192 cm³/mol. The number of likely N-dealkylation sites (tertiary alicyclic amines) is 2. The summed E-state index contributed by atoms with van der Waals surface area (Å²) in [5, 5.41) is 23.4. The molecule has 0 bridgehead atoms. The molecule has 0 amide bonds. The molecule has 6 heteroatoms. The fraction of sp³-hybridized carbons (Fsp3) is 0.659. The number of piperidine rings is 2. The fourth-order valence-corrected chi connectivity index (χ4v) is 11.0. The summed E-state index contributed by atoms with van der Waals surface area (Å²) in [6.07, 6.45) is 4.77. The SMILES string of the molecule is CCCN1C(C)(C)CC(C(c2ccccc2)(C2CC(C)(C)N(CCC)C(C)(C)C2)C(Cc2ccccc2)(C(=O)O)C(=O)O)CC1(C)C. The number of nitrogens with zero attached hydrogens (tertiary/aromatic N) is 2. The van der Waals surface area contributed by atoms with E-state index in [1.807, 2.05) is 60.7 Å². The van der Waals surface area contributed by atoms with E-state index in [2.05, 4.69) is 79.0 Å². The largest absolute Gasteiger partial charge is 0.480 e. The summed E-state index contributed by atoms with van der Waals surface area (Å²) in [4.78, 5) is 33.9. The molecule has 0 aliphatic carbocycles. The van der Waals surface area contributed by atoms with Gasteiger partial charge >= 0.3 is 11.9 Å². The average Bonchev–Trinajstić information content (AvgIpc) is 2.96. The van der Waals surface area contributed by atoms with Crippen LogP contribution >= 0.6 is 0 Å². The summed E-state index contributed by atoms with van der Waals surface area (Å²) >= 11 is 0. The first kappa shape index (κ1) is 37.1. The van der Waals surface area contributed by atoms with Gasteiger partial charge in [-0.1, -0.05) is 74.5 Å². The molecular formula is C41H62N2O4. The van der Waals surface area contributed by atoms with Crippen LogP contribution in [0.4, 0.5) is 0 Å². The molecule has 0 atom stereocenters. The van der Waals surface area contributed by atoms with Crippen molar-refractivity contribution in [3.8, 4) is 0 Å².